The predicted octanol–water partition coefficient (Wildman–Crippen LogP) is 2.05. The maximum Gasteiger partial charge on any atom is 0.253 e. The molecule has 10 heteroatoms. The fourth-order valence-electron chi connectivity index (χ4n) is 5.28. The van der Waals surface area contributed by atoms with Crippen molar-refractivity contribution in [2.45, 2.75) is 44.9 Å². The fraction of sp³-hybridized carbons (Fsp3) is 0.385. The number of carbonyl (C=O) groups is 3. The monoisotopic (exact) mass is 487 g/mol. The number of aromatic amines is 1. The summed E-state index contributed by atoms with van der Waals surface area (Å²) in [6, 6.07) is 7.10. The average molecular weight is 488 g/mol. The van der Waals surface area contributed by atoms with E-state index >= 15 is 0 Å². The molecule has 2 aromatic heterocycles. The third-order valence-corrected chi connectivity index (χ3v) is 7.21. The van der Waals surface area contributed by atoms with Crippen LogP contribution in [0.25, 0.3) is 11.4 Å². The van der Waals surface area contributed by atoms with E-state index in [-0.39, 0.29) is 41.3 Å². The fourth-order valence-corrected chi connectivity index (χ4v) is 5.28. The van der Waals surface area contributed by atoms with Crippen LogP contribution >= 0.6 is 0 Å². The van der Waals surface area contributed by atoms with E-state index in [4.69, 9.17) is 11.5 Å². The second kappa shape index (κ2) is 8.85. The number of hydrogen-bond acceptors (Lipinski definition) is 7. The van der Waals surface area contributed by atoms with Crippen LogP contribution in [-0.2, 0) is 23.1 Å². The number of likely N-dealkylation sites (tertiary alicyclic amines) is 1. The van der Waals surface area contributed by atoms with Gasteiger partial charge < -0.3 is 16.4 Å². The summed E-state index contributed by atoms with van der Waals surface area (Å²) in [6.45, 7) is 5.16. The number of carbonyl (C=O) groups excluding carboxylic acids is 3. The number of ketones is 1. The molecule has 10 nitrogen and oxygen atoms in total. The first-order valence-corrected chi connectivity index (χ1v) is 12.1. The van der Waals surface area contributed by atoms with Crippen LogP contribution in [0.3, 0.4) is 0 Å². The van der Waals surface area contributed by atoms with E-state index in [2.05, 4.69) is 34.0 Å². The Morgan fingerprint density at radius 2 is 1.81 bits per heavy atom. The molecule has 0 atom stereocenters. The number of rotatable bonds is 5. The molecule has 5 rings (SSSR count). The third kappa shape index (κ3) is 4.23. The highest BCUT2D eigenvalue weighted by molar-refractivity contribution is 5.99. The number of aromatic nitrogens is 4. The van der Waals surface area contributed by atoms with Crippen molar-refractivity contribution in [3.63, 3.8) is 0 Å². The minimum Gasteiger partial charge on any atom is -0.369 e. The van der Waals surface area contributed by atoms with Crippen molar-refractivity contribution in [3.8, 4) is 11.4 Å². The second-order valence-corrected chi connectivity index (χ2v) is 10.3. The van der Waals surface area contributed by atoms with Gasteiger partial charge in [0.1, 0.15) is 11.4 Å². The molecule has 0 saturated carbocycles. The summed E-state index contributed by atoms with van der Waals surface area (Å²) >= 11 is 0. The molecule has 1 saturated heterocycles. The quantitative estimate of drug-likeness (QED) is 0.464. The highest BCUT2D eigenvalue weighted by atomic mass is 16.2. The lowest BCUT2D eigenvalue weighted by atomic mass is 9.72. The predicted molar refractivity (Wildman–Crippen MR) is 133 cm³/mol. The van der Waals surface area contributed by atoms with Crippen LogP contribution in [0.5, 0.6) is 0 Å². The molecule has 3 heterocycles. The van der Waals surface area contributed by atoms with Crippen LogP contribution < -0.4 is 11.5 Å². The minimum atomic E-state index is -0.335. The lowest BCUT2D eigenvalue weighted by Crippen LogP contribution is -2.41. The van der Waals surface area contributed by atoms with Gasteiger partial charge in [0, 0.05) is 42.8 Å². The lowest BCUT2D eigenvalue weighted by molar-refractivity contribution is -0.123. The van der Waals surface area contributed by atoms with E-state index in [0.717, 1.165) is 16.7 Å². The van der Waals surface area contributed by atoms with Crippen LogP contribution in [0.4, 0.5) is 5.95 Å². The normalized spacial score (nSPS) is 16.8. The Morgan fingerprint density at radius 1 is 1.11 bits per heavy atom. The first-order chi connectivity index (χ1) is 17.1. The Bertz CT molecular complexity index is 1350. The molecule has 2 aliphatic rings. The zero-order valence-corrected chi connectivity index (χ0v) is 20.4. The highest BCUT2D eigenvalue weighted by Gasteiger charge is 2.38. The molecule has 1 aromatic carbocycles. The number of amides is 2. The molecule has 36 heavy (non-hydrogen) atoms. The van der Waals surface area contributed by atoms with E-state index in [1.807, 2.05) is 0 Å². The van der Waals surface area contributed by atoms with Crippen molar-refractivity contribution < 1.29 is 14.4 Å². The molecule has 1 fully saturated rings. The number of benzene rings is 1. The van der Waals surface area contributed by atoms with Crippen molar-refractivity contribution in [1.82, 2.24) is 25.1 Å². The van der Waals surface area contributed by atoms with E-state index in [0.29, 0.717) is 55.0 Å². The molecule has 186 valence electrons. The largest absolute Gasteiger partial charge is 0.369 e. The van der Waals surface area contributed by atoms with Crippen molar-refractivity contribution in [2.75, 3.05) is 18.8 Å². The molecular weight excluding hydrogens is 458 g/mol. The summed E-state index contributed by atoms with van der Waals surface area (Å²) in [5.41, 5.74) is 15.8. The van der Waals surface area contributed by atoms with Gasteiger partial charge in [0.2, 0.25) is 11.9 Å². The molecule has 1 aliphatic heterocycles. The van der Waals surface area contributed by atoms with Crippen LogP contribution in [0.15, 0.2) is 30.5 Å². The number of fused-ring (bicyclic) bond motifs is 3. The number of nitrogens with one attached hydrogen (secondary N) is 1. The van der Waals surface area contributed by atoms with Gasteiger partial charge in [-0.3, -0.25) is 19.5 Å². The molecule has 1 aliphatic carbocycles. The number of nitrogen functional groups attached to an aromatic ring is 1. The van der Waals surface area contributed by atoms with E-state index in [1.54, 1.807) is 35.4 Å². The number of Topliss-reactive ketones (excluding diaryl/α,β-unsaturated/α-hetero) is 1. The van der Waals surface area contributed by atoms with Crippen molar-refractivity contribution in [1.29, 1.82) is 0 Å². The van der Waals surface area contributed by atoms with Gasteiger partial charge in [-0.2, -0.15) is 5.10 Å². The maximum absolute atomic E-state index is 13.3. The Balaban J connectivity index is 1.31. The minimum absolute atomic E-state index is 0.0832. The van der Waals surface area contributed by atoms with Crippen LogP contribution in [-0.4, -0.2) is 55.8 Å². The van der Waals surface area contributed by atoms with Crippen molar-refractivity contribution >= 4 is 23.5 Å². The van der Waals surface area contributed by atoms with E-state index in [1.165, 1.54) is 0 Å². The second-order valence-electron chi connectivity index (χ2n) is 10.3. The van der Waals surface area contributed by atoms with Gasteiger partial charge in [-0.25, -0.2) is 9.97 Å². The topological polar surface area (TPSA) is 161 Å². The van der Waals surface area contributed by atoms with Gasteiger partial charge in [0.25, 0.3) is 5.91 Å². The maximum atomic E-state index is 13.3. The summed E-state index contributed by atoms with van der Waals surface area (Å²) in [5.74, 6) is -0.476. The highest BCUT2D eigenvalue weighted by Crippen LogP contribution is 2.42. The Labute approximate surface area is 208 Å². The summed E-state index contributed by atoms with van der Waals surface area (Å²) in [6.07, 6.45) is 3.73. The van der Waals surface area contributed by atoms with Gasteiger partial charge >= 0.3 is 0 Å². The number of anilines is 1. The Kier molecular flexibility index (Phi) is 5.82. The molecule has 0 spiro atoms. The van der Waals surface area contributed by atoms with Crippen LogP contribution in [0.1, 0.15) is 64.2 Å². The molecule has 3 aromatic rings. The third-order valence-electron chi connectivity index (χ3n) is 7.21. The van der Waals surface area contributed by atoms with Crippen molar-refractivity contribution in [3.05, 3.63) is 58.4 Å². The van der Waals surface area contributed by atoms with Gasteiger partial charge in [-0.05, 0) is 47.9 Å². The summed E-state index contributed by atoms with van der Waals surface area (Å²) in [7, 11) is 0. The Hall–Kier alpha value is -4.08. The average Bonchev–Trinajstić information content (AvgIpc) is 3.32. The first kappa shape index (κ1) is 23.7. The van der Waals surface area contributed by atoms with Crippen molar-refractivity contribution in [2.24, 2.45) is 11.7 Å². The Morgan fingerprint density at radius 3 is 2.47 bits per heavy atom. The first-order valence-electron chi connectivity index (χ1n) is 12.1. The van der Waals surface area contributed by atoms with E-state index in [9.17, 15) is 14.4 Å². The number of primary amides is 1. The summed E-state index contributed by atoms with van der Waals surface area (Å²) < 4.78 is 0. The number of piperidine rings is 1. The van der Waals surface area contributed by atoms with Gasteiger partial charge in [-0.15, -0.1) is 0 Å². The zero-order chi connectivity index (χ0) is 25.6. The smallest absolute Gasteiger partial charge is 0.253 e. The lowest BCUT2D eigenvalue weighted by Gasteiger charge is -2.31. The van der Waals surface area contributed by atoms with E-state index < -0.39 is 0 Å². The molecule has 0 bridgehead atoms. The molecule has 0 unspecified atom stereocenters. The number of nitrogens with two attached hydrogens (primary N) is 2. The number of nitrogens with zero attached hydrogens (tertiary/aromatic N) is 4. The molecular formula is C26H29N7O3. The molecule has 5 N–H and O–H groups in total. The van der Waals surface area contributed by atoms with Gasteiger partial charge in [0.05, 0.1) is 5.69 Å². The van der Waals surface area contributed by atoms with Gasteiger partial charge in [-0.1, -0.05) is 26.0 Å². The summed E-state index contributed by atoms with van der Waals surface area (Å²) in [5, 5.41) is 7.37. The number of hydrogen-bond donors (Lipinski definition) is 3. The standard InChI is InChI=1S/C26H29N7O3/c1-26(2)12-17-13-29-25(28)30-20(17)22-19(26)21(31-32-22)18(34)11-14-3-5-16(6-4-14)24(36)33-9-7-15(8-10-33)23(27)35/h3-6,13,15H,7-12H2,1-2H3,(H2,27,35)(H,31,32)(H2,28,29,30). The number of H-pyrrole nitrogens is 1. The van der Waals surface area contributed by atoms with Crippen LogP contribution in [0.2, 0.25) is 0 Å². The van der Waals surface area contributed by atoms with Crippen LogP contribution in [0, 0.1) is 5.92 Å². The molecule has 0 radical (unpaired) electrons. The summed E-state index contributed by atoms with van der Waals surface area (Å²) in [4.78, 5) is 47.8. The zero-order valence-electron chi connectivity index (χ0n) is 20.4. The van der Waals surface area contributed by atoms with Gasteiger partial charge in [0.15, 0.2) is 5.78 Å². The molecule has 2 amide bonds. The SMILES string of the molecule is CC1(C)Cc2cnc(N)nc2-c2n[nH]c(C(=O)Cc3ccc(C(=O)N4CCC(C(N)=O)CC4)cc3)c21.